The topological polar surface area (TPSA) is 126 Å². The zero-order valence-electron chi connectivity index (χ0n) is 20.2. The molecule has 0 aliphatic carbocycles. The van der Waals surface area contributed by atoms with Crippen molar-refractivity contribution in [3.05, 3.63) is 82.2 Å². The monoisotopic (exact) mass is 484 g/mol. The lowest BCUT2D eigenvalue weighted by Crippen LogP contribution is -2.01. The van der Waals surface area contributed by atoms with Crippen molar-refractivity contribution in [2.24, 2.45) is 0 Å². The first-order valence-corrected chi connectivity index (χ1v) is 11.2. The van der Waals surface area contributed by atoms with Gasteiger partial charge in [-0.2, -0.15) is 0 Å². The number of phenolic OH excluding ortho intramolecular Hbond substituents is 1. The number of nitrogens with one attached hydrogen (secondary N) is 1. The Balaban J connectivity index is 1.76. The molecule has 0 saturated heterocycles. The van der Waals surface area contributed by atoms with Gasteiger partial charge in [0.2, 0.25) is 11.2 Å². The molecule has 36 heavy (non-hydrogen) atoms. The summed E-state index contributed by atoms with van der Waals surface area (Å²) < 4.78 is 13.1. The molecule has 5 rings (SSSR count). The third-order valence-corrected chi connectivity index (χ3v) is 6.02. The Morgan fingerprint density at radius 1 is 1.08 bits per heavy atom. The first-order chi connectivity index (χ1) is 17.3. The zero-order chi connectivity index (χ0) is 25.6. The number of nitrogens with zero attached hydrogens (tertiary/aromatic N) is 3. The van der Waals surface area contributed by atoms with Crippen molar-refractivity contribution in [3.8, 4) is 57.0 Å². The molecule has 4 aromatic heterocycles. The number of ether oxygens (including phenoxy) is 1. The highest BCUT2D eigenvalue weighted by molar-refractivity contribution is 5.82. The molecule has 0 amide bonds. The van der Waals surface area contributed by atoms with Gasteiger partial charge in [-0.25, -0.2) is 4.98 Å². The minimum Gasteiger partial charge on any atom is -0.504 e. The van der Waals surface area contributed by atoms with E-state index in [2.05, 4.69) is 14.5 Å². The number of aromatic hydroxyl groups is 2. The Morgan fingerprint density at radius 3 is 2.61 bits per heavy atom. The van der Waals surface area contributed by atoms with Gasteiger partial charge < -0.3 is 28.9 Å². The number of imidazole rings is 1. The largest absolute Gasteiger partial charge is 0.504 e. The molecule has 3 N–H and O–H groups in total. The maximum absolute atomic E-state index is 12.4. The van der Waals surface area contributed by atoms with Gasteiger partial charge in [-0.1, -0.05) is 0 Å². The van der Waals surface area contributed by atoms with E-state index in [0.29, 0.717) is 28.5 Å². The van der Waals surface area contributed by atoms with Crippen molar-refractivity contribution >= 4 is 0 Å². The van der Waals surface area contributed by atoms with Crippen LogP contribution in [0.15, 0.2) is 64.1 Å². The van der Waals surface area contributed by atoms with Gasteiger partial charge in [-0.05, 0) is 57.2 Å². The minimum atomic E-state index is -0.561. The standard InChI is InChI=1S/C27H24N4O5/c1-14-10-19(16(3)31(14)18-6-5-9-28-13-18)27-29-23(17-7-8-20(32)22(12-17)35-4)24(30-27)26-25(34)21(33)11-15(2)36-26/h5-13,32,34H,1-4H3,(H,29,30). The van der Waals surface area contributed by atoms with Gasteiger partial charge in [0.25, 0.3) is 0 Å². The van der Waals surface area contributed by atoms with Crippen molar-refractivity contribution in [3.63, 3.8) is 0 Å². The number of methoxy groups -OCH3 is 1. The van der Waals surface area contributed by atoms with Crippen LogP contribution in [0.1, 0.15) is 17.1 Å². The molecular weight excluding hydrogens is 460 g/mol. The third kappa shape index (κ3) is 3.80. The number of benzene rings is 1. The fraction of sp³-hybridized carbons (Fsp3) is 0.148. The highest BCUT2D eigenvalue weighted by atomic mass is 16.5. The Morgan fingerprint density at radius 2 is 1.89 bits per heavy atom. The van der Waals surface area contributed by atoms with E-state index in [1.807, 2.05) is 32.0 Å². The summed E-state index contributed by atoms with van der Waals surface area (Å²) in [6.45, 7) is 5.60. The highest BCUT2D eigenvalue weighted by Gasteiger charge is 2.24. The number of aromatic amines is 1. The number of hydrogen-bond donors (Lipinski definition) is 3. The summed E-state index contributed by atoms with van der Waals surface area (Å²) in [5.74, 6) is 0.536. The summed E-state index contributed by atoms with van der Waals surface area (Å²) in [4.78, 5) is 24.7. The second-order valence-electron chi connectivity index (χ2n) is 8.43. The van der Waals surface area contributed by atoms with Crippen LogP contribution in [0.25, 0.3) is 39.8 Å². The van der Waals surface area contributed by atoms with Crippen LogP contribution in [0.5, 0.6) is 17.2 Å². The van der Waals surface area contributed by atoms with Gasteiger partial charge in [-0.15, -0.1) is 0 Å². The van der Waals surface area contributed by atoms with Gasteiger partial charge in [0.15, 0.2) is 17.3 Å². The van der Waals surface area contributed by atoms with E-state index in [9.17, 15) is 15.0 Å². The van der Waals surface area contributed by atoms with Crippen LogP contribution in [0.2, 0.25) is 0 Å². The van der Waals surface area contributed by atoms with Gasteiger partial charge in [0, 0.05) is 34.8 Å². The molecule has 4 heterocycles. The first kappa shape index (κ1) is 23.0. The Bertz CT molecular complexity index is 1650. The number of H-pyrrole nitrogens is 1. The van der Waals surface area contributed by atoms with E-state index in [4.69, 9.17) is 14.1 Å². The van der Waals surface area contributed by atoms with Crippen LogP contribution in [-0.2, 0) is 0 Å². The second kappa shape index (κ2) is 8.77. The number of aryl methyl sites for hydroxylation is 2. The molecule has 0 bridgehead atoms. The molecule has 0 saturated carbocycles. The van der Waals surface area contributed by atoms with Crippen molar-refractivity contribution < 1.29 is 19.4 Å². The lowest BCUT2D eigenvalue weighted by Gasteiger charge is -2.08. The molecule has 9 heteroatoms. The van der Waals surface area contributed by atoms with Gasteiger partial charge in [0.05, 0.1) is 19.0 Å². The normalized spacial score (nSPS) is 11.1. The van der Waals surface area contributed by atoms with E-state index < -0.39 is 11.2 Å². The van der Waals surface area contributed by atoms with Crippen LogP contribution >= 0.6 is 0 Å². The van der Waals surface area contributed by atoms with E-state index in [0.717, 1.165) is 22.6 Å². The fourth-order valence-electron chi connectivity index (χ4n) is 4.36. The smallest absolute Gasteiger partial charge is 0.227 e. The predicted octanol–water partition coefficient (Wildman–Crippen LogP) is 4.89. The average Bonchev–Trinajstić information content (AvgIpc) is 3.43. The summed E-state index contributed by atoms with van der Waals surface area (Å²) >= 11 is 0. The van der Waals surface area contributed by atoms with Crippen molar-refractivity contribution in [1.82, 2.24) is 19.5 Å². The molecule has 0 unspecified atom stereocenters. The summed E-state index contributed by atoms with van der Waals surface area (Å²) in [6, 6.07) is 11.9. The predicted molar refractivity (Wildman–Crippen MR) is 135 cm³/mol. The summed E-state index contributed by atoms with van der Waals surface area (Å²) in [5.41, 5.74) is 4.40. The number of pyridine rings is 1. The minimum absolute atomic E-state index is 0.0245. The molecule has 9 nitrogen and oxygen atoms in total. The Hall–Kier alpha value is -4.79. The fourth-order valence-corrected chi connectivity index (χ4v) is 4.36. The van der Waals surface area contributed by atoms with Crippen molar-refractivity contribution in [2.45, 2.75) is 20.8 Å². The maximum atomic E-state index is 12.4. The van der Waals surface area contributed by atoms with Crippen LogP contribution in [0.4, 0.5) is 0 Å². The van der Waals surface area contributed by atoms with Crippen LogP contribution in [0.3, 0.4) is 0 Å². The maximum Gasteiger partial charge on any atom is 0.227 e. The highest BCUT2D eigenvalue weighted by Crippen LogP contribution is 2.40. The SMILES string of the molecule is COc1cc(-c2nc(-c3cc(C)n(-c4cccnc4)c3C)[nH]c2-c2oc(C)cc(=O)c2O)ccc1O. The number of rotatable bonds is 5. The van der Waals surface area contributed by atoms with Crippen LogP contribution < -0.4 is 10.2 Å². The molecule has 0 atom stereocenters. The molecule has 5 aromatic rings. The van der Waals surface area contributed by atoms with Crippen LogP contribution in [0, 0.1) is 20.8 Å². The molecule has 0 fully saturated rings. The number of phenols is 1. The zero-order valence-corrected chi connectivity index (χ0v) is 20.2. The summed E-state index contributed by atoms with van der Waals surface area (Å²) in [6.07, 6.45) is 3.50. The third-order valence-electron chi connectivity index (χ3n) is 6.02. The lowest BCUT2D eigenvalue weighted by molar-refractivity contribution is 0.373. The molecule has 0 aliphatic heterocycles. The molecule has 182 valence electrons. The van der Waals surface area contributed by atoms with Crippen LogP contribution in [-0.4, -0.2) is 36.8 Å². The molecule has 0 radical (unpaired) electrons. The second-order valence-corrected chi connectivity index (χ2v) is 8.43. The molecule has 0 aliphatic rings. The quantitative estimate of drug-likeness (QED) is 0.324. The Kier molecular flexibility index (Phi) is 5.60. The molecule has 0 spiro atoms. The van der Waals surface area contributed by atoms with E-state index >= 15 is 0 Å². The van der Waals surface area contributed by atoms with Gasteiger partial charge in [-0.3, -0.25) is 9.78 Å². The van der Waals surface area contributed by atoms with Crippen molar-refractivity contribution in [1.29, 1.82) is 0 Å². The average molecular weight is 485 g/mol. The van der Waals surface area contributed by atoms with Gasteiger partial charge in [0.1, 0.15) is 23.0 Å². The van der Waals surface area contributed by atoms with Gasteiger partial charge >= 0.3 is 0 Å². The molecule has 1 aromatic carbocycles. The van der Waals surface area contributed by atoms with Crippen molar-refractivity contribution in [2.75, 3.05) is 7.11 Å². The number of hydrogen-bond acceptors (Lipinski definition) is 7. The van der Waals surface area contributed by atoms with E-state index in [-0.39, 0.29) is 17.3 Å². The lowest BCUT2D eigenvalue weighted by atomic mass is 10.1. The van der Waals surface area contributed by atoms with E-state index in [1.165, 1.54) is 19.2 Å². The first-order valence-electron chi connectivity index (χ1n) is 11.2. The van der Waals surface area contributed by atoms with E-state index in [1.54, 1.807) is 31.5 Å². The molecular formula is C27H24N4O5. The summed E-state index contributed by atoms with van der Waals surface area (Å²) in [7, 11) is 1.45. The summed E-state index contributed by atoms with van der Waals surface area (Å²) in [5, 5.41) is 20.7. The Labute approximate surface area is 206 Å². The number of aromatic nitrogens is 4.